The summed E-state index contributed by atoms with van der Waals surface area (Å²) in [5.74, 6) is 0.853. The summed E-state index contributed by atoms with van der Waals surface area (Å²) < 4.78 is 4.98. The highest BCUT2D eigenvalue weighted by Gasteiger charge is 2.19. The first kappa shape index (κ1) is 14.3. The summed E-state index contributed by atoms with van der Waals surface area (Å²) >= 11 is 0. The van der Waals surface area contributed by atoms with E-state index in [9.17, 15) is 5.11 Å². The van der Waals surface area contributed by atoms with E-state index in [1.807, 2.05) is 0 Å². The van der Waals surface area contributed by atoms with Crippen LogP contribution in [0.4, 0.5) is 0 Å². The smallest absolute Gasteiger partial charge is 0.191 e. The molecule has 0 radical (unpaired) electrons. The minimum absolute atomic E-state index is 0.110. The number of hydrogen-bond donors (Lipinski definition) is 3. The summed E-state index contributed by atoms with van der Waals surface area (Å²) in [5, 5.41) is 16.1. The molecule has 1 aliphatic rings. The van der Waals surface area contributed by atoms with Crippen LogP contribution >= 0.6 is 0 Å². The lowest BCUT2D eigenvalue weighted by Gasteiger charge is -2.27. The van der Waals surface area contributed by atoms with Crippen molar-refractivity contribution in [2.75, 3.05) is 26.8 Å². The van der Waals surface area contributed by atoms with Crippen molar-refractivity contribution in [3.63, 3.8) is 0 Å². The molecule has 0 aromatic carbocycles. The molecule has 1 aliphatic carbocycles. The molecular formula is C12H25N3O2. The van der Waals surface area contributed by atoms with E-state index in [4.69, 9.17) is 4.74 Å². The van der Waals surface area contributed by atoms with E-state index in [1.165, 1.54) is 0 Å². The summed E-state index contributed by atoms with van der Waals surface area (Å²) in [6.07, 6.45) is 3.68. The molecule has 0 aromatic heterocycles. The van der Waals surface area contributed by atoms with Gasteiger partial charge in [-0.25, -0.2) is 0 Å². The summed E-state index contributed by atoms with van der Waals surface area (Å²) in [7, 11) is 1.68. The molecule has 5 heteroatoms. The normalized spacial score (nSPS) is 25.7. The van der Waals surface area contributed by atoms with Gasteiger partial charge in [0.2, 0.25) is 0 Å². The van der Waals surface area contributed by atoms with Crippen LogP contribution in [-0.2, 0) is 4.74 Å². The quantitative estimate of drug-likeness (QED) is 0.373. The molecule has 0 saturated heterocycles. The molecule has 3 N–H and O–H groups in total. The molecule has 0 heterocycles. The highest BCUT2D eigenvalue weighted by molar-refractivity contribution is 5.80. The summed E-state index contributed by atoms with van der Waals surface area (Å²) in [4.78, 5) is 4.42. The Morgan fingerprint density at radius 3 is 2.65 bits per heavy atom. The van der Waals surface area contributed by atoms with Gasteiger partial charge in [0.05, 0.1) is 19.3 Å². The lowest BCUT2D eigenvalue weighted by Crippen LogP contribution is -2.45. The second-order valence-corrected chi connectivity index (χ2v) is 4.40. The maximum Gasteiger partial charge on any atom is 0.191 e. The highest BCUT2D eigenvalue weighted by atomic mass is 16.5. The molecule has 100 valence electrons. The third-order valence-corrected chi connectivity index (χ3v) is 2.95. The number of hydrogen-bond acceptors (Lipinski definition) is 3. The van der Waals surface area contributed by atoms with Gasteiger partial charge in [0.1, 0.15) is 0 Å². The first-order chi connectivity index (χ1) is 8.26. The second kappa shape index (κ2) is 8.31. The lowest BCUT2D eigenvalue weighted by molar-refractivity contribution is 0.120. The van der Waals surface area contributed by atoms with Gasteiger partial charge in [-0.05, 0) is 32.6 Å². The van der Waals surface area contributed by atoms with Crippen LogP contribution in [0.2, 0.25) is 0 Å². The van der Waals surface area contributed by atoms with Crippen molar-refractivity contribution in [1.29, 1.82) is 0 Å². The topological polar surface area (TPSA) is 65.9 Å². The Bertz CT molecular complexity index is 226. The van der Waals surface area contributed by atoms with E-state index in [-0.39, 0.29) is 6.10 Å². The van der Waals surface area contributed by atoms with Crippen molar-refractivity contribution >= 4 is 5.96 Å². The number of aliphatic imine (C=N–C) groups is 1. The molecule has 0 spiro atoms. The standard InChI is InChI=1S/C12H25N3O2/c1-3-13-12(14-8-9-17-2)15-10-4-6-11(16)7-5-10/h10-11,16H,3-9H2,1-2H3,(H2,13,14,15). The summed E-state index contributed by atoms with van der Waals surface area (Å²) in [6, 6.07) is 0.429. The minimum Gasteiger partial charge on any atom is -0.393 e. The Labute approximate surface area is 104 Å². The SMILES string of the molecule is CCNC(=NCCOC)NC1CCC(O)CC1. The largest absolute Gasteiger partial charge is 0.393 e. The van der Waals surface area contributed by atoms with Crippen molar-refractivity contribution in [2.45, 2.75) is 44.8 Å². The molecule has 0 aromatic rings. The van der Waals surface area contributed by atoms with Crippen molar-refractivity contribution in [3.05, 3.63) is 0 Å². The van der Waals surface area contributed by atoms with Gasteiger partial charge in [0, 0.05) is 19.7 Å². The summed E-state index contributed by atoms with van der Waals surface area (Å²) in [6.45, 7) is 4.22. The second-order valence-electron chi connectivity index (χ2n) is 4.40. The van der Waals surface area contributed by atoms with E-state index >= 15 is 0 Å². The first-order valence-corrected chi connectivity index (χ1v) is 6.48. The van der Waals surface area contributed by atoms with E-state index < -0.39 is 0 Å². The van der Waals surface area contributed by atoms with Crippen LogP contribution in [0, 0.1) is 0 Å². The van der Waals surface area contributed by atoms with Crippen LogP contribution in [0.5, 0.6) is 0 Å². The molecular weight excluding hydrogens is 218 g/mol. The number of guanidine groups is 1. The number of nitrogens with one attached hydrogen (secondary N) is 2. The first-order valence-electron chi connectivity index (χ1n) is 6.48. The lowest BCUT2D eigenvalue weighted by atomic mass is 9.93. The molecule has 17 heavy (non-hydrogen) atoms. The van der Waals surface area contributed by atoms with Crippen molar-refractivity contribution in [3.8, 4) is 0 Å². The zero-order valence-electron chi connectivity index (χ0n) is 10.9. The van der Waals surface area contributed by atoms with E-state index in [0.29, 0.717) is 19.2 Å². The van der Waals surface area contributed by atoms with Gasteiger partial charge in [0.15, 0.2) is 5.96 Å². The van der Waals surface area contributed by atoms with Gasteiger partial charge in [-0.15, -0.1) is 0 Å². The molecule has 1 fully saturated rings. The van der Waals surface area contributed by atoms with Gasteiger partial charge in [-0.3, -0.25) is 4.99 Å². The highest BCUT2D eigenvalue weighted by Crippen LogP contribution is 2.17. The number of methoxy groups -OCH3 is 1. The minimum atomic E-state index is -0.110. The van der Waals surface area contributed by atoms with Gasteiger partial charge in [-0.2, -0.15) is 0 Å². The van der Waals surface area contributed by atoms with E-state index in [2.05, 4.69) is 22.5 Å². The van der Waals surface area contributed by atoms with Crippen molar-refractivity contribution in [2.24, 2.45) is 4.99 Å². The average Bonchev–Trinajstić information content (AvgIpc) is 2.32. The Morgan fingerprint density at radius 2 is 2.06 bits per heavy atom. The molecule has 1 rings (SSSR count). The molecule has 1 saturated carbocycles. The van der Waals surface area contributed by atoms with Crippen LogP contribution < -0.4 is 10.6 Å². The van der Waals surface area contributed by atoms with Gasteiger partial charge in [-0.1, -0.05) is 0 Å². The predicted octanol–water partition coefficient (Wildman–Crippen LogP) is 0.491. The predicted molar refractivity (Wildman–Crippen MR) is 69.3 cm³/mol. The number of aliphatic hydroxyl groups excluding tert-OH is 1. The van der Waals surface area contributed by atoms with Gasteiger partial charge in [0.25, 0.3) is 0 Å². The maximum atomic E-state index is 9.45. The zero-order chi connectivity index (χ0) is 12.5. The third kappa shape index (κ3) is 5.89. The van der Waals surface area contributed by atoms with Crippen molar-refractivity contribution in [1.82, 2.24) is 10.6 Å². The fourth-order valence-corrected chi connectivity index (χ4v) is 1.98. The Hall–Kier alpha value is -0.810. The molecule has 0 atom stereocenters. The monoisotopic (exact) mass is 243 g/mol. The molecule has 0 bridgehead atoms. The Balaban J connectivity index is 2.34. The summed E-state index contributed by atoms with van der Waals surface area (Å²) in [5.41, 5.74) is 0. The third-order valence-electron chi connectivity index (χ3n) is 2.95. The molecule has 0 unspecified atom stereocenters. The molecule has 5 nitrogen and oxygen atoms in total. The van der Waals surface area contributed by atoms with Crippen LogP contribution in [0.15, 0.2) is 4.99 Å². The van der Waals surface area contributed by atoms with Crippen molar-refractivity contribution < 1.29 is 9.84 Å². The van der Waals surface area contributed by atoms with E-state index in [1.54, 1.807) is 7.11 Å². The maximum absolute atomic E-state index is 9.45. The fraction of sp³-hybridized carbons (Fsp3) is 0.917. The van der Waals surface area contributed by atoms with Crippen LogP contribution in [0.1, 0.15) is 32.6 Å². The fourth-order valence-electron chi connectivity index (χ4n) is 1.98. The average molecular weight is 243 g/mol. The van der Waals surface area contributed by atoms with Gasteiger partial charge >= 0.3 is 0 Å². The Kier molecular flexibility index (Phi) is 6.96. The number of rotatable bonds is 5. The number of ether oxygens (including phenoxy) is 1. The zero-order valence-corrected chi connectivity index (χ0v) is 10.9. The van der Waals surface area contributed by atoms with Gasteiger partial charge < -0.3 is 20.5 Å². The van der Waals surface area contributed by atoms with Crippen LogP contribution in [0.3, 0.4) is 0 Å². The number of aliphatic hydroxyl groups is 1. The van der Waals surface area contributed by atoms with Crippen LogP contribution in [0.25, 0.3) is 0 Å². The van der Waals surface area contributed by atoms with Crippen LogP contribution in [-0.4, -0.2) is 50.0 Å². The molecule has 0 aliphatic heterocycles. The Morgan fingerprint density at radius 1 is 1.35 bits per heavy atom. The number of nitrogens with zero attached hydrogens (tertiary/aromatic N) is 1. The van der Waals surface area contributed by atoms with E-state index in [0.717, 1.165) is 38.2 Å². The molecule has 0 amide bonds.